The third-order valence-corrected chi connectivity index (χ3v) is 2.40. The van der Waals surface area contributed by atoms with Crippen LogP contribution in [-0.4, -0.2) is 21.9 Å². The van der Waals surface area contributed by atoms with Crippen LogP contribution in [0.3, 0.4) is 0 Å². The first-order valence-electron chi connectivity index (χ1n) is 5.43. The maximum atomic E-state index is 4.32. The Morgan fingerprint density at radius 3 is 2.38 bits per heavy atom. The smallest absolute Gasteiger partial charge is 0.175 e. The molecule has 3 heteroatoms. The first-order chi connectivity index (χ1) is 7.56. The topological polar surface area (TPSA) is 29.0 Å². The molecule has 0 aromatic carbocycles. The van der Waals surface area contributed by atoms with Crippen molar-refractivity contribution in [1.29, 1.82) is 0 Å². The lowest BCUT2D eigenvalue weighted by Crippen LogP contribution is -2.10. The highest BCUT2D eigenvalue weighted by molar-refractivity contribution is 5.55. The standard InChI is InChI=1S/C13H19N3/c1-6-7-16(5)11(4)13-14-8-12(9-15-13)10(2)3/h6-10H,4H2,1-3,5H3/b7-6-. The molecule has 86 valence electrons. The Hall–Kier alpha value is -1.64. The molecule has 0 spiro atoms. The van der Waals surface area contributed by atoms with Gasteiger partial charge >= 0.3 is 0 Å². The summed E-state index contributed by atoms with van der Waals surface area (Å²) in [7, 11) is 1.93. The van der Waals surface area contributed by atoms with Crippen LogP contribution < -0.4 is 0 Å². The minimum absolute atomic E-state index is 0.454. The van der Waals surface area contributed by atoms with Crippen LogP contribution in [0.2, 0.25) is 0 Å². The summed E-state index contributed by atoms with van der Waals surface area (Å²) in [6, 6.07) is 0. The second-order valence-corrected chi connectivity index (χ2v) is 4.03. The van der Waals surface area contributed by atoms with Crippen molar-refractivity contribution in [1.82, 2.24) is 14.9 Å². The number of nitrogens with zero attached hydrogens (tertiary/aromatic N) is 3. The molecule has 0 saturated heterocycles. The maximum absolute atomic E-state index is 4.32. The second kappa shape index (κ2) is 5.45. The fourth-order valence-electron chi connectivity index (χ4n) is 1.26. The summed E-state index contributed by atoms with van der Waals surface area (Å²) in [4.78, 5) is 10.5. The van der Waals surface area contributed by atoms with E-state index in [2.05, 4.69) is 30.4 Å². The monoisotopic (exact) mass is 217 g/mol. The molecule has 3 nitrogen and oxygen atoms in total. The summed E-state index contributed by atoms with van der Waals surface area (Å²) in [6.07, 6.45) is 7.61. The molecule has 1 rings (SSSR count). The Labute approximate surface area is 97.5 Å². The van der Waals surface area contributed by atoms with E-state index in [0.29, 0.717) is 11.7 Å². The molecule has 0 aliphatic heterocycles. The van der Waals surface area contributed by atoms with Crippen molar-refractivity contribution < 1.29 is 0 Å². The predicted octanol–water partition coefficient (Wildman–Crippen LogP) is 3.04. The highest BCUT2D eigenvalue weighted by Crippen LogP contribution is 2.15. The SMILES string of the molecule is C=C(c1ncc(C(C)C)cn1)N(C)/C=C\C. The van der Waals surface area contributed by atoms with Crippen molar-refractivity contribution in [2.75, 3.05) is 7.05 Å². The van der Waals surface area contributed by atoms with Crippen LogP contribution in [0.25, 0.3) is 5.70 Å². The molecule has 0 aliphatic carbocycles. The molecule has 0 fully saturated rings. The van der Waals surface area contributed by atoms with Crippen LogP contribution in [0.1, 0.15) is 38.1 Å². The van der Waals surface area contributed by atoms with Gasteiger partial charge in [0.1, 0.15) is 0 Å². The van der Waals surface area contributed by atoms with E-state index in [-0.39, 0.29) is 0 Å². The van der Waals surface area contributed by atoms with Crippen molar-refractivity contribution in [3.8, 4) is 0 Å². The molecule has 1 aromatic heterocycles. The molecular formula is C13H19N3. The third kappa shape index (κ3) is 2.92. The molecule has 1 heterocycles. The zero-order chi connectivity index (χ0) is 12.1. The highest BCUT2D eigenvalue weighted by atomic mass is 15.1. The van der Waals surface area contributed by atoms with E-state index in [0.717, 1.165) is 11.3 Å². The number of hydrogen-bond acceptors (Lipinski definition) is 3. The van der Waals surface area contributed by atoms with Gasteiger partial charge in [-0.2, -0.15) is 0 Å². The van der Waals surface area contributed by atoms with Crippen molar-refractivity contribution in [2.24, 2.45) is 0 Å². The Morgan fingerprint density at radius 1 is 1.38 bits per heavy atom. The maximum Gasteiger partial charge on any atom is 0.175 e. The van der Waals surface area contributed by atoms with E-state index in [4.69, 9.17) is 0 Å². The van der Waals surface area contributed by atoms with Gasteiger partial charge in [-0.3, -0.25) is 0 Å². The van der Waals surface area contributed by atoms with Gasteiger partial charge in [-0.25, -0.2) is 9.97 Å². The number of hydrogen-bond donors (Lipinski definition) is 0. The van der Waals surface area contributed by atoms with Crippen LogP contribution in [0, 0.1) is 0 Å². The van der Waals surface area contributed by atoms with Crippen LogP contribution in [0.5, 0.6) is 0 Å². The van der Waals surface area contributed by atoms with Gasteiger partial charge in [0.15, 0.2) is 5.82 Å². The first kappa shape index (κ1) is 12.4. The minimum Gasteiger partial charge on any atom is -0.349 e. The number of allylic oxidation sites excluding steroid dienone is 1. The van der Waals surface area contributed by atoms with Gasteiger partial charge in [0.05, 0.1) is 5.70 Å². The van der Waals surface area contributed by atoms with Crippen molar-refractivity contribution in [2.45, 2.75) is 26.7 Å². The molecule has 0 N–H and O–H groups in total. The average Bonchev–Trinajstić information content (AvgIpc) is 2.28. The van der Waals surface area contributed by atoms with Crippen molar-refractivity contribution in [3.63, 3.8) is 0 Å². The predicted molar refractivity (Wildman–Crippen MR) is 67.7 cm³/mol. The molecule has 0 unspecified atom stereocenters. The summed E-state index contributed by atoms with van der Waals surface area (Å²) in [5, 5.41) is 0. The summed E-state index contributed by atoms with van der Waals surface area (Å²) in [6.45, 7) is 10.2. The molecule has 0 radical (unpaired) electrons. The van der Waals surface area contributed by atoms with E-state index in [1.54, 1.807) is 0 Å². The summed E-state index contributed by atoms with van der Waals surface area (Å²) in [5.41, 5.74) is 1.94. The van der Waals surface area contributed by atoms with Gasteiger partial charge in [-0.1, -0.05) is 26.5 Å². The fraction of sp³-hybridized carbons (Fsp3) is 0.385. The van der Waals surface area contributed by atoms with Gasteiger partial charge in [-0.05, 0) is 24.6 Å². The molecule has 0 aliphatic rings. The molecular weight excluding hydrogens is 198 g/mol. The van der Waals surface area contributed by atoms with Crippen molar-refractivity contribution in [3.05, 3.63) is 42.6 Å². The quantitative estimate of drug-likeness (QED) is 0.776. The normalized spacial score (nSPS) is 11.1. The van der Waals surface area contributed by atoms with Crippen LogP contribution in [0.15, 0.2) is 31.2 Å². The second-order valence-electron chi connectivity index (χ2n) is 4.03. The lowest BCUT2D eigenvalue weighted by molar-refractivity contribution is 0.646. The van der Waals surface area contributed by atoms with Crippen LogP contribution in [0.4, 0.5) is 0 Å². The summed E-state index contributed by atoms with van der Waals surface area (Å²) < 4.78 is 0. The molecule has 1 aromatic rings. The molecule has 0 atom stereocenters. The fourth-order valence-corrected chi connectivity index (χ4v) is 1.26. The Balaban J connectivity index is 2.85. The largest absolute Gasteiger partial charge is 0.349 e. The van der Waals surface area contributed by atoms with E-state index < -0.39 is 0 Å². The number of rotatable bonds is 4. The van der Waals surface area contributed by atoms with Gasteiger partial charge in [0.25, 0.3) is 0 Å². The molecule has 0 amide bonds. The Bertz CT molecular complexity index is 377. The van der Waals surface area contributed by atoms with Gasteiger partial charge in [-0.15, -0.1) is 0 Å². The highest BCUT2D eigenvalue weighted by Gasteiger charge is 2.06. The van der Waals surface area contributed by atoms with Crippen molar-refractivity contribution >= 4 is 5.70 Å². The van der Waals surface area contributed by atoms with E-state index in [1.807, 2.05) is 43.5 Å². The molecule has 16 heavy (non-hydrogen) atoms. The zero-order valence-corrected chi connectivity index (χ0v) is 10.4. The first-order valence-corrected chi connectivity index (χ1v) is 5.43. The van der Waals surface area contributed by atoms with E-state index in [9.17, 15) is 0 Å². The van der Waals surface area contributed by atoms with Crippen LogP contribution in [-0.2, 0) is 0 Å². The Kier molecular flexibility index (Phi) is 4.23. The minimum atomic E-state index is 0.454. The lowest BCUT2D eigenvalue weighted by Gasteiger charge is -2.15. The third-order valence-electron chi connectivity index (χ3n) is 2.40. The summed E-state index contributed by atoms with van der Waals surface area (Å²) in [5.74, 6) is 1.13. The average molecular weight is 217 g/mol. The van der Waals surface area contributed by atoms with Gasteiger partial charge in [0.2, 0.25) is 0 Å². The van der Waals surface area contributed by atoms with Gasteiger partial charge < -0.3 is 4.90 Å². The molecule has 0 saturated carbocycles. The van der Waals surface area contributed by atoms with Gasteiger partial charge in [0, 0.05) is 19.4 Å². The van der Waals surface area contributed by atoms with E-state index in [1.165, 1.54) is 0 Å². The lowest BCUT2D eigenvalue weighted by atomic mass is 10.1. The van der Waals surface area contributed by atoms with E-state index >= 15 is 0 Å². The Morgan fingerprint density at radius 2 is 1.94 bits per heavy atom. The van der Waals surface area contributed by atoms with Crippen LogP contribution >= 0.6 is 0 Å². The number of aromatic nitrogens is 2. The molecule has 0 bridgehead atoms. The zero-order valence-electron chi connectivity index (χ0n) is 10.4. The summed E-state index contributed by atoms with van der Waals surface area (Å²) >= 11 is 0.